The molecule has 8 heteroatoms. The molecule has 1 aliphatic heterocycles. The third kappa shape index (κ3) is 3.57. The standard InChI is InChI=1S/C19H21N5O2S/c1-14-3-2-4-15-17(14)21-13-24(18(15)26)7-5-16(25)22-8-10-23(11-9-22)19-20-6-12-27-19/h2-4,6,12-13H,5,7-11H2,1H3. The molecule has 0 atom stereocenters. The first-order valence-electron chi connectivity index (χ1n) is 9.00. The molecule has 0 radical (unpaired) electrons. The van der Waals surface area contributed by atoms with Crippen LogP contribution in [0.25, 0.3) is 10.9 Å². The molecule has 0 spiro atoms. The zero-order valence-electron chi connectivity index (χ0n) is 15.2. The Labute approximate surface area is 160 Å². The molecule has 1 amide bonds. The van der Waals surface area contributed by atoms with Gasteiger partial charge in [-0.2, -0.15) is 0 Å². The van der Waals surface area contributed by atoms with Gasteiger partial charge in [0.15, 0.2) is 5.13 Å². The number of fused-ring (bicyclic) bond motifs is 1. The van der Waals surface area contributed by atoms with Gasteiger partial charge in [-0.25, -0.2) is 9.97 Å². The van der Waals surface area contributed by atoms with Crippen molar-refractivity contribution < 1.29 is 4.79 Å². The number of carbonyl (C=O) groups excluding carboxylic acids is 1. The quantitative estimate of drug-likeness (QED) is 0.688. The number of carbonyl (C=O) groups is 1. The minimum Gasteiger partial charge on any atom is -0.345 e. The molecule has 1 fully saturated rings. The number of amides is 1. The molecule has 2 aromatic heterocycles. The van der Waals surface area contributed by atoms with E-state index in [2.05, 4.69) is 14.9 Å². The summed E-state index contributed by atoms with van der Waals surface area (Å²) in [5.74, 6) is 0.0741. The maximum Gasteiger partial charge on any atom is 0.261 e. The number of hydrogen-bond acceptors (Lipinski definition) is 6. The van der Waals surface area contributed by atoms with Gasteiger partial charge in [-0.1, -0.05) is 12.1 Å². The summed E-state index contributed by atoms with van der Waals surface area (Å²) in [6.45, 7) is 5.23. The molecule has 1 saturated heterocycles. The summed E-state index contributed by atoms with van der Waals surface area (Å²) < 4.78 is 1.53. The van der Waals surface area contributed by atoms with Crippen LogP contribution in [-0.4, -0.2) is 51.5 Å². The lowest BCUT2D eigenvalue weighted by Crippen LogP contribution is -2.49. The Morgan fingerprint density at radius 3 is 2.74 bits per heavy atom. The summed E-state index contributed by atoms with van der Waals surface area (Å²) in [7, 11) is 0. The highest BCUT2D eigenvalue weighted by molar-refractivity contribution is 7.13. The van der Waals surface area contributed by atoms with E-state index < -0.39 is 0 Å². The lowest BCUT2D eigenvalue weighted by atomic mass is 10.1. The van der Waals surface area contributed by atoms with Gasteiger partial charge in [0.2, 0.25) is 5.91 Å². The van der Waals surface area contributed by atoms with Crippen LogP contribution in [0.2, 0.25) is 0 Å². The largest absolute Gasteiger partial charge is 0.345 e. The molecule has 0 N–H and O–H groups in total. The number of aromatic nitrogens is 3. The van der Waals surface area contributed by atoms with Gasteiger partial charge in [0.25, 0.3) is 5.56 Å². The van der Waals surface area contributed by atoms with Gasteiger partial charge in [-0.05, 0) is 18.6 Å². The Morgan fingerprint density at radius 2 is 2.00 bits per heavy atom. The molecule has 3 heterocycles. The van der Waals surface area contributed by atoms with Crippen molar-refractivity contribution in [3.8, 4) is 0 Å². The summed E-state index contributed by atoms with van der Waals surface area (Å²) in [5, 5.41) is 3.57. The van der Waals surface area contributed by atoms with Crippen LogP contribution in [0.3, 0.4) is 0 Å². The number of thiazole rings is 1. The lowest BCUT2D eigenvalue weighted by Gasteiger charge is -2.34. The third-order valence-corrected chi connectivity index (χ3v) is 5.78. The van der Waals surface area contributed by atoms with Crippen molar-refractivity contribution >= 4 is 33.3 Å². The first-order chi connectivity index (χ1) is 13.1. The Kier molecular flexibility index (Phi) is 4.89. The zero-order chi connectivity index (χ0) is 18.8. The van der Waals surface area contributed by atoms with Crippen LogP contribution in [-0.2, 0) is 11.3 Å². The second-order valence-corrected chi connectivity index (χ2v) is 7.52. The molecule has 3 aromatic rings. The van der Waals surface area contributed by atoms with Crippen molar-refractivity contribution in [3.05, 3.63) is 52.0 Å². The van der Waals surface area contributed by atoms with E-state index in [1.807, 2.05) is 29.3 Å². The van der Waals surface area contributed by atoms with Crippen molar-refractivity contribution in [1.82, 2.24) is 19.4 Å². The van der Waals surface area contributed by atoms with Crippen molar-refractivity contribution in [2.24, 2.45) is 0 Å². The van der Waals surface area contributed by atoms with Gasteiger partial charge in [0, 0.05) is 50.7 Å². The van der Waals surface area contributed by atoms with Crippen LogP contribution < -0.4 is 10.5 Å². The predicted octanol–water partition coefficient (Wildman–Crippen LogP) is 1.90. The second-order valence-electron chi connectivity index (χ2n) is 6.65. The first-order valence-corrected chi connectivity index (χ1v) is 9.88. The average Bonchev–Trinajstić information content (AvgIpc) is 3.23. The molecular formula is C19H21N5O2S. The molecule has 0 unspecified atom stereocenters. The number of rotatable bonds is 4. The van der Waals surface area contributed by atoms with Crippen LogP contribution in [0.4, 0.5) is 5.13 Å². The topological polar surface area (TPSA) is 71.3 Å². The van der Waals surface area contributed by atoms with Crippen LogP contribution in [0.1, 0.15) is 12.0 Å². The van der Waals surface area contributed by atoms with Crippen LogP contribution in [0.15, 0.2) is 40.9 Å². The summed E-state index contributed by atoms with van der Waals surface area (Å²) in [6, 6.07) is 5.58. The van der Waals surface area contributed by atoms with Gasteiger partial charge in [0.1, 0.15) is 0 Å². The molecule has 0 saturated carbocycles. The highest BCUT2D eigenvalue weighted by atomic mass is 32.1. The highest BCUT2D eigenvalue weighted by Crippen LogP contribution is 2.19. The molecule has 0 aliphatic carbocycles. The van der Waals surface area contributed by atoms with Gasteiger partial charge < -0.3 is 9.80 Å². The number of aryl methyl sites for hydroxylation is 2. The first kappa shape index (κ1) is 17.7. The number of para-hydroxylation sites is 1. The Bertz CT molecular complexity index is 1010. The van der Waals surface area contributed by atoms with Gasteiger partial charge in [0.05, 0.1) is 17.2 Å². The summed E-state index contributed by atoms with van der Waals surface area (Å²) in [5.41, 5.74) is 1.61. The molecular weight excluding hydrogens is 362 g/mol. The predicted molar refractivity (Wildman–Crippen MR) is 106 cm³/mol. The third-order valence-electron chi connectivity index (χ3n) is 4.94. The van der Waals surface area contributed by atoms with E-state index in [-0.39, 0.29) is 11.5 Å². The van der Waals surface area contributed by atoms with Gasteiger partial charge >= 0.3 is 0 Å². The highest BCUT2D eigenvalue weighted by Gasteiger charge is 2.22. The molecule has 4 rings (SSSR count). The fourth-order valence-corrected chi connectivity index (χ4v) is 4.09. The minimum atomic E-state index is -0.0925. The molecule has 1 aromatic carbocycles. The smallest absolute Gasteiger partial charge is 0.261 e. The van der Waals surface area contributed by atoms with Crippen LogP contribution in [0.5, 0.6) is 0 Å². The Morgan fingerprint density at radius 1 is 1.19 bits per heavy atom. The Balaban J connectivity index is 1.38. The van der Waals surface area contributed by atoms with E-state index in [9.17, 15) is 9.59 Å². The van der Waals surface area contributed by atoms with Crippen molar-refractivity contribution in [3.63, 3.8) is 0 Å². The van der Waals surface area contributed by atoms with E-state index in [4.69, 9.17) is 0 Å². The second kappa shape index (κ2) is 7.48. The number of hydrogen-bond donors (Lipinski definition) is 0. The monoisotopic (exact) mass is 383 g/mol. The van der Waals surface area contributed by atoms with E-state index in [0.717, 1.165) is 29.3 Å². The minimum absolute atomic E-state index is 0.0741. The molecule has 1 aliphatic rings. The van der Waals surface area contributed by atoms with Crippen LogP contribution in [0, 0.1) is 6.92 Å². The average molecular weight is 383 g/mol. The lowest BCUT2D eigenvalue weighted by molar-refractivity contribution is -0.131. The number of anilines is 1. The zero-order valence-corrected chi connectivity index (χ0v) is 16.0. The van der Waals surface area contributed by atoms with Crippen molar-refractivity contribution in [2.45, 2.75) is 19.9 Å². The molecule has 140 valence electrons. The van der Waals surface area contributed by atoms with Crippen molar-refractivity contribution in [1.29, 1.82) is 0 Å². The SMILES string of the molecule is Cc1cccc2c(=O)n(CCC(=O)N3CCN(c4nccs4)CC3)cnc12. The fourth-order valence-electron chi connectivity index (χ4n) is 3.39. The normalized spacial score (nSPS) is 14.7. The van der Waals surface area contributed by atoms with Gasteiger partial charge in [-0.15, -0.1) is 11.3 Å². The summed E-state index contributed by atoms with van der Waals surface area (Å²) in [4.78, 5) is 38.0. The number of benzene rings is 1. The number of piperazine rings is 1. The van der Waals surface area contributed by atoms with E-state index in [1.54, 1.807) is 29.9 Å². The van der Waals surface area contributed by atoms with E-state index in [1.165, 1.54) is 4.57 Å². The maximum absolute atomic E-state index is 12.6. The maximum atomic E-state index is 12.6. The van der Waals surface area contributed by atoms with Crippen molar-refractivity contribution in [2.75, 3.05) is 31.1 Å². The molecule has 7 nitrogen and oxygen atoms in total. The van der Waals surface area contributed by atoms with E-state index >= 15 is 0 Å². The molecule has 0 bridgehead atoms. The number of nitrogens with zero attached hydrogens (tertiary/aromatic N) is 5. The summed E-state index contributed by atoms with van der Waals surface area (Å²) in [6.07, 6.45) is 3.65. The van der Waals surface area contributed by atoms with E-state index in [0.29, 0.717) is 31.4 Å². The van der Waals surface area contributed by atoms with Crippen LogP contribution >= 0.6 is 11.3 Å². The summed E-state index contributed by atoms with van der Waals surface area (Å²) >= 11 is 1.62. The fraction of sp³-hybridized carbons (Fsp3) is 0.368. The Hall–Kier alpha value is -2.74. The molecule has 27 heavy (non-hydrogen) atoms. The van der Waals surface area contributed by atoms with Gasteiger partial charge in [-0.3, -0.25) is 14.2 Å².